The van der Waals surface area contributed by atoms with Gasteiger partial charge in [0.05, 0.1) is 6.61 Å². The van der Waals surface area contributed by atoms with E-state index in [0.29, 0.717) is 17.9 Å². The van der Waals surface area contributed by atoms with Gasteiger partial charge in [-0.3, -0.25) is 0 Å². The Labute approximate surface area is 77.0 Å². The van der Waals surface area contributed by atoms with Crippen LogP contribution in [0.3, 0.4) is 0 Å². The molecule has 13 heavy (non-hydrogen) atoms. The number of ether oxygens (including phenoxy) is 1. The summed E-state index contributed by atoms with van der Waals surface area (Å²) in [6.07, 6.45) is 0.970. The average molecular weight is 180 g/mol. The smallest absolute Gasteiger partial charge is 0.161 e. The SMILES string of the molecule is CCOc1cccc(CC=O)c1O. The maximum atomic E-state index is 10.2. The predicted octanol–water partition coefficient (Wildman–Crippen LogP) is 1.53. The number of aromatic hydroxyl groups is 1. The van der Waals surface area contributed by atoms with Gasteiger partial charge in [0.15, 0.2) is 11.5 Å². The van der Waals surface area contributed by atoms with Crippen LogP contribution in [0.1, 0.15) is 12.5 Å². The van der Waals surface area contributed by atoms with Gasteiger partial charge < -0.3 is 14.6 Å². The van der Waals surface area contributed by atoms with Crippen molar-refractivity contribution in [3.05, 3.63) is 23.8 Å². The molecule has 1 rings (SSSR count). The summed E-state index contributed by atoms with van der Waals surface area (Å²) in [5, 5.41) is 9.57. The molecule has 0 aliphatic carbocycles. The first kappa shape index (κ1) is 9.58. The molecule has 0 radical (unpaired) electrons. The van der Waals surface area contributed by atoms with Crippen LogP contribution in [-0.2, 0) is 11.2 Å². The summed E-state index contributed by atoms with van der Waals surface area (Å²) in [5.74, 6) is 0.498. The molecular formula is C10H12O3. The number of para-hydroxylation sites is 1. The normalized spacial score (nSPS) is 9.62. The number of hydrogen-bond acceptors (Lipinski definition) is 3. The van der Waals surface area contributed by atoms with Gasteiger partial charge in [-0.25, -0.2) is 0 Å². The van der Waals surface area contributed by atoms with Crippen LogP contribution in [-0.4, -0.2) is 18.0 Å². The van der Waals surface area contributed by atoms with E-state index < -0.39 is 0 Å². The molecule has 0 amide bonds. The van der Waals surface area contributed by atoms with Crippen LogP contribution in [0.25, 0.3) is 0 Å². The lowest BCUT2D eigenvalue weighted by Crippen LogP contribution is -1.94. The molecule has 1 aromatic rings. The van der Waals surface area contributed by atoms with E-state index in [-0.39, 0.29) is 12.2 Å². The molecular weight excluding hydrogens is 168 g/mol. The molecule has 0 aliphatic heterocycles. The fraction of sp³-hybridized carbons (Fsp3) is 0.300. The highest BCUT2D eigenvalue weighted by Gasteiger charge is 2.06. The molecule has 3 heteroatoms. The van der Waals surface area contributed by atoms with Gasteiger partial charge in [0.1, 0.15) is 6.29 Å². The molecule has 1 N–H and O–H groups in total. The van der Waals surface area contributed by atoms with Crippen LogP contribution in [0, 0.1) is 0 Å². The van der Waals surface area contributed by atoms with Crippen molar-refractivity contribution in [1.29, 1.82) is 0 Å². The molecule has 0 aliphatic rings. The fourth-order valence-corrected chi connectivity index (χ4v) is 1.09. The highest BCUT2D eigenvalue weighted by molar-refractivity contribution is 5.59. The lowest BCUT2D eigenvalue weighted by atomic mass is 10.1. The van der Waals surface area contributed by atoms with Crippen LogP contribution in [0.15, 0.2) is 18.2 Å². The van der Waals surface area contributed by atoms with Crippen molar-refractivity contribution in [1.82, 2.24) is 0 Å². The Kier molecular flexibility index (Phi) is 3.31. The molecule has 0 unspecified atom stereocenters. The van der Waals surface area contributed by atoms with Crippen molar-refractivity contribution in [3.8, 4) is 11.5 Å². The molecule has 0 aromatic heterocycles. The number of benzene rings is 1. The Balaban J connectivity index is 2.95. The highest BCUT2D eigenvalue weighted by Crippen LogP contribution is 2.29. The van der Waals surface area contributed by atoms with Gasteiger partial charge in [-0.1, -0.05) is 12.1 Å². The van der Waals surface area contributed by atoms with Crippen LogP contribution >= 0.6 is 0 Å². The van der Waals surface area contributed by atoms with Gasteiger partial charge in [0, 0.05) is 12.0 Å². The predicted molar refractivity (Wildman–Crippen MR) is 49.0 cm³/mol. The van der Waals surface area contributed by atoms with Gasteiger partial charge in [-0.05, 0) is 13.0 Å². The molecule has 70 valence electrons. The standard InChI is InChI=1S/C10H12O3/c1-2-13-9-5-3-4-8(6-7-11)10(9)12/h3-5,7,12H,2,6H2,1H3. The largest absolute Gasteiger partial charge is 0.504 e. The summed E-state index contributed by atoms with van der Waals surface area (Å²) in [6, 6.07) is 5.13. The van der Waals surface area contributed by atoms with E-state index in [1.54, 1.807) is 18.2 Å². The van der Waals surface area contributed by atoms with Gasteiger partial charge in [0.2, 0.25) is 0 Å². The summed E-state index contributed by atoms with van der Waals surface area (Å²) in [6.45, 7) is 2.34. The summed E-state index contributed by atoms with van der Waals surface area (Å²) in [4.78, 5) is 10.2. The lowest BCUT2D eigenvalue weighted by molar-refractivity contribution is -0.107. The first-order valence-electron chi connectivity index (χ1n) is 4.17. The number of carbonyl (C=O) groups excluding carboxylic acids is 1. The summed E-state index contributed by atoms with van der Waals surface area (Å²) in [7, 11) is 0. The maximum Gasteiger partial charge on any atom is 0.161 e. The number of phenolic OH excluding ortho intramolecular Hbond substituents is 1. The third-order valence-corrected chi connectivity index (χ3v) is 1.69. The Morgan fingerprint density at radius 1 is 1.54 bits per heavy atom. The topological polar surface area (TPSA) is 46.5 Å². The number of aldehydes is 1. The number of carbonyl (C=O) groups is 1. The van der Waals surface area contributed by atoms with Gasteiger partial charge in [-0.15, -0.1) is 0 Å². The zero-order valence-corrected chi connectivity index (χ0v) is 7.49. The molecule has 0 fully saturated rings. The monoisotopic (exact) mass is 180 g/mol. The first-order chi connectivity index (χ1) is 6.29. The van der Waals surface area contributed by atoms with Gasteiger partial charge in [0.25, 0.3) is 0 Å². The number of hydrogen-bond donors (Lipinski definition) is 1. The van der Waals surface area contributed by atoms with Gasteiger partial charge >= 0.3 is 0 Å². The summed E-state index contributed by atoms with van der Waals surface area (Å²) < 4.78 is 5.16. The van der Waals surface area contributed by atoms with E-state index in [2.05, 4.69) is 0 Å². The number of phenols is 1. The Hall–Kier alpha value is -1.51. The zero-order chi connectivity index (χ0) is 9.68. The summed E-state index contributed by atoms with van der Waals surface area (Å²) >= 11 is 0. The van der Waals surface area contributed by atoms with Crippen molar-refractivity contribution in [2.45, 2.75) is 13.3 Å². The van der Waals surface area contributed by atoms with Crippen molar-refractivity contribution < 1.29 is 14.6 Å². The summed E-state index contributed by atoms with van der Waals surface area (Å²) in [5.41, 5.74) is 0.598. The Morgan fingerprint density at radius 2 is 2.31 bits per heavy atom. The molecule has 1 aromatic carbocycles. The van der Waals surface area contributed by atoms with Crippen LogP contribution in [0.2, 0.25) is 0 Å². The molecule has 0 saturated heterocycles. The van der Waals surface area contributed by atoms with E-state index in [9.17, 15) is 9.90 Å². The minimum absolute atomic E-state index is 0.0662. The third-order valence-electron chi connectivity index (χ3n) is 1.69. The molecule has 0 saturated carbocycles. The number of rotatable bonds is 4. The second-order valence-electron chi connectivity index (χ2n) is 2.57. The molecule has 0 atom stereocenters. The fourth-order valence-electron chi connectivity index (χ4n) is 1.09. The van der Waals surface area contributed by atoms with Crippen molar-refractivity contribution in [2.75, 3.05) is 6.61 Å². The van der Waals surface area contributed by atoms with Crippen molar-refractivity contribution in [3.63, 3.8) is 0 Å². The van der Waals surface area contributed by atoms with Crippen molar-refractivity contribution >= 4 is 6.29 Å². The lowest BCUT2D eigenvalue weighted by Gasteiger charge is -2.07. The molecule has 0 heterocycles. The van der Waals surface area contributed by atoms with Gasteiger partial charge in [-0.2, -0.15) is 0 Å². The zero-order valence-electron chi connectivity index (χ0n) is 7.49. The maximum absolute atomic E-state index is 10.2. The van der Waals surface area contributed by atoms with E-state index in [0.717, 1.165) is 6.29 Å². The Bertz CT molecular complexity index is 294. The van der Waals surface area contributed by atoms with Crippen LogP contribution < -0.4 is 4.74 Å². The van der Waals surface area contributed by atoms with Crippen LogP contribution in [0.5, 0.6) is 11.5 Å². The van der Waals surface area contributed by atoms with E-state index in [4.69, 9.17) is 4.74 Å². The van der Waals surface area contributed by atoms with E-state index >= 15 is 0 Å². The second kappa shape index (κ2) is 4.50. The average Bonchev–Trinajstić information content (AvgIpc) is 2.13. The highest BCUT2D eigenvalue weighted by atomic mass is 16.5. The molecule has 0 spiro atoms. The minimum atomic E-state index is 0.0662. The van der Waals surface area contributed by atoms with Crippen molar-refractivity contribution in [2.24, 2.45) is 0 Å². The quantitative estimate of drug-likeness (QED) is 0.715. The molecule has 0 bridgehead atoms. The third kappa shape index (κ3) is 2.21. The molecule has 3 nitrogen and oxygen atoms in total. The van der Waals surface area contributed by atoms with E-state index in [1.165, 1.54) is 0 Å². The second-order valence-corrected chi connectivity index (χ2v) is 2.57. The minimum Gasteiger partial charge on any atom is -0.504 e. The van der Waals surface area contributed by atoms with Crippen LogP contribution in [0.4, 0.5) is 0 Å². The van der Waals surface area contributed by atoms with E-state index in [1.807, 2.05) is 6.92 Å². The first-order valence-corrected chi connectivity index (χ1v) is 4.17. The Morgan fingerprint density at radius 3 is 2.92 bits per heavy atom.